The maximum Gasteiger partial charge on any atom is 0.416 e. The first-order chi connectivity index (χ1) is 15.9. The highest BCUT2D eigenvalue weighted by molar-refractivity contribution is 9.10. The standard InChI is InChI=1S/C26H23BrFNO4/c27-19-11-12-21(23(28)15-19)24(30)22(14-18-9-5-2-6-10-18)25(31)29-20(16-33-26(29)32)13-17-7-3-1-4-8-17/h1-12,15,20,22,24,30H,13-14,16H2. The summed E-state index contributed by atoms with van der Waals surface area (Å²) in [5.74, 6) is -2.29. The SMILES string of the molecule is O=C1OCC(Cc2ccccc2)N1C(=O)C(Cc1ccccc1)C(O)c1ccc(Br)cc1F. The van der Waals surface area contributed by atoms with Crippen molar-refractivity contribution in [1.82, 2.24) is 4.90 Å². The first-order valence-corrected chi connectivity index (χ1v) is 11.4. The third kappa shape index (κ3) is 5.31. The van der Waals surface area contributed by atoms with E-state index in [1.54, 1.807) is 6.07 Å². The van der Waals surface area contributed by atoms with Crippen molar-refractivity contribution in [2.24, 2.45) is 5.92 Å². The number of cyclic esters (lactones) is 1. The minimum atomic E-state index is -1.45. The molecule has 4 rings (SSSR count). The van der Waals surface area contributed by atoms with Gasteiger partial charge in [-0.25, -0.2) is 14.1 Å². The summed E-state index contributed by atoms with van der Waals surface area (Å²) in [6, 6.07) is 22.4. The predicted octanol–water partition coefficient (Wildman–Crippen LogP) is 5.07. The number of amides is 2. The third-order valence-corrected chi connectivity index (χ3v) is 6.28. The molecule has 3 atom stereocenters. The third-order valence-electron chi connectivity index (χ3n) is 5.79. The van der Waals surface area contributed by atoms with Gasteiger partial charge in [0.25, 0.3) is 0 Å². The van der Waals surface area contributed by atoms with Crippen molar-refractivity contribution in [3.05, 3.63) is 106 Å². The minimum Gasteiger partial charge on any atom is -0.447 e. The van der Waals surface area contributed by atoms with Crippen LogP contribution in [0.4, 0.5) is 9.18 Å². The first-order valence-electron chi connectivity index (χ1n) is 10.6. The summed E-state index contributed by atoms with van der Waals surface area (Å²) in [6.45, 7) is 0.0697. The Hall–Kier alpha value is -3.03. The molecule has 0 spiro atoms. The number of rotatable bonds is 7. The van der Waals surface area contributed by atoms with Crippen molar-refractivity contribution in [2.75, 3.05) is 6.61 Å². The molecule has 1 N–H and O–H groups in total. The van der Waals surface area contributed by atoms with Crippen molar-refractivity contribution >= 4 is 27.9 Å². The van der Waals surface area contributed by atoms with Gasteiger partial charge in [-0.05, 0) is 36.1 Å². The predicted molar refractivity (Wildman–Crippen MR) is 125 cm³/mol. The van der Waals surface area contributed by atoms with Crippen LogP contribution >= 0.6 is 15.9 Å². The van der Waals surface area contributed by atoms with Gasteiger partial charge in [-0.1, -0.05) is 82.7 Å². The summed E-state index contributed by atoms with van der Waals surface area (Å²) in [6.07, 6.45) is -1.63. The fraction of sp³-hybridized carbons (Fsp3) is 0.231. The Bertz CT molecular complexity index is 1130. The zero-order valence-corrected chi connectivity index (χ0v) is 19.3. The van der Waals surface area contributed by atoms with Crippen molar-refractivity contribution in [2.45, 2.75) is 25.0 Å². The lowest BCUT2D eigenvalue weighted by Crippen LogP contribution is -2.45. The second-order valence-corrected chi connectivity index (χ2v) is 8.95. The van der Waals surface area contributed by atoms with Gasteiger partial charge in [-0.3, -0.25) is 4.79 Å². The highest BCUT2D eigenvalue weighted by Crippen LogP contribution is 2.32. The molecule has 1 saturated heterocycles. The summed E-state index contributed by atoms with van der Waals surface area (Å²) in [7, 11) is 0. The normalized spacial score (nSPS) is 17.5. The van der Waals surface area contributed by atoms with Crippen LogP contribution in [0.1, 0.15) is 22.8 Å². The maximum atomic E-state index is 14.7. The zero-order chi connectivity index (χ0) is 23.4. The molecule has 0 aliphatic carbocycles. The van der Waals surface area contributed by atoms with Crippen LogP contribution in [0, 0.1) is 11.7 Å². The number of ether oxygens (including phenoxy) is 1. The molecule has 0 saturated carbocycles. The number of carbonyl (C=O) groups is 2. The Kier molecular flexibility index (Phi) is 7.20. The molecule has 3 unspecified atom stereocenters. The molecule has 7 heteroatoms. The number of hydrogen-bond donors (Lipinski definition) is 1. The fourth-order valence-corrected chi connectivity index (χ4v) is 4.44. The number of aliphatic hydroxyl groups excluding tert-OH is 1. The van der Waals surface area contributed by atoms with E-state index in [9.17, 15) is 19.1 Å². The summed E-state index contributed by atoms with van der Waals surface area (Å²) in [5, 5.41) is 11.2. The molecule has 0 bridgehead atoms. The van der Waals surface area contributed by atoms with E-state index in [2.05, 4.69) is 15.9 Å². The monoisotopic (exact) mass is 511 g/mol. The molecule has 0 radical (unpaired) electrons. The molecule has 5 nitrogen and oxygen atoms in total. The number of carbonyl (C=O) groups excluding carboxylic acids is 2. The van der Waals surface area contributed by atoms with Gasteiger partial charge >= 0.3 is 6.09 Å². The van der Waals surface area contributed by atoms with Gasteiger partial charge in [-0.2, -0.15) is 0 Å². The Labute approximate surface area is 199 Å². The molecular weight excluding hydrogens is 489 g/mol. The Morgan fingerprint density at radius 3 is 2.33 bits per heavy atom. The number of aliphatic hydroxyl groups is 1. The average molecular weight is 512 g/mol. The van der Waals surface area contributed by atoms with Crippen LogP contribution in [-0.4, -0.2) is 34.7 Å². The molecule has 1 aliphatic heterocycles. The highest BCUT2D eigenvalue weighted by atomic mass is 79.9. The molecule has 1 heterocycles. The van der Waals surface area contributed by atoms with E-state index >= 15 is 0 Å². The quantitative estimate of drug-likeness (QED) is 0.480. The summed E-state index contributed by atoms with van der Waals surface area (Å²) in [5.41, 5.74) is 1.75. The van der Waals surface area contributed by atoms with Crippen molar-refractivity contribution in [3.63, 3.8) is 0 Å². The zero-order valence-electron chi connectivity index (χ0n) is 17.7. The number of benzene rings is 3. The molecule has 0 aromatic heterocycles. The maximum absolute atomic E-state index is 14.7. The van der Waals surface area contributed by atoms with Gasteiger partial charge in [0.2, 0.25) is 5.91 Å². The van der Waals surface area contributed by atoms with Gasteiger partial charge in [0, 0.05) is 10.0 Å². The van der Waals surface area contributed by atoms with E-state index < -0.39 is 35.9 Å². The van der Waals surface area contributed by atoms with Gasteiger partial charge in [0.1, 0.15) is 12.4 Å². The Morgan fingerprint density at radius 1 is 1.06 bits per heavy atom. The van der Waals surface area contributed by atoms with Crippen molar-refractivity contribution in [1.29, 1.82) is 0 Å². The average Bonchev–Trinajstić information content (AvgIpc) is 3.17. The molecule has 1 fully saturated rings. The van der Waals surface area contributed by atoms with Crippen LogP contribution in [0.5, 0.6) is 0 Å². The van der Waals surface area contributed by atoms with Gasteiger partial charge in [-0.15, -0.1) is 0 Å². The van der Waals surface area contributed by atoms with Crippen LogP contribution in [-0.2, 0) is 22.4 Å². The minimum absolute atomic E-state index is 0.000320. The Balaban J connectivity index is 1.66. The van der Waals surface area contributed by atoms with Crippen LogP contribution in [0.3, 0.4) is 0 Å². The van der Waals surface area contributed by atoms with Gasteiger partial charge in [0.05, 0.1) is 18.1 Å². The van der Waals surface area contributed by atoms with E-state index in [-0.39, 0.29) is 18.6 Å². The smallest absolute Gasteiger partial charge is 0.416 e. The van der Waals surface area contributed by atoms with Crippen LogP contribution in [0.2, 0.25) is 0 Å². The molecule has 2 amide bonds. The van der Waals surface area contributed by atoms with E-state index in [0.717, 1.165) is 16.0 Å². The van der Waals surface area contributed by atoms with E-state index in [4.69, 9.17) is 4.74 Å². The second kappa shape index (κ2) is 10.3. The number of nitrogens with zero attached hydrogens (tertiary/aromatic N) is 1. The van der Waals surface area contributed by atoms with Gasteiger partial charge in [0.15, 0.2) is 0 Å². The molecule has 1 aliphatic rings. The second-order valence-electron chi connectivity index (χ2n) is 8.04. The molecular formula is C26H23BrFNO4. The van der Waals surface area contributed by atoms with Crippen LogP contribution < -0.4 is 0 Å². The first kappa shape index (κ1) is 23.1. The topological polar surface area (TPSA) is 66.8 Å². The van der Waals surface area contributed by atoms with Gasteiger partial charge < -0.3 is 9.84 Å². The van der Waals surface area contributed by atoms with E-state index in [1.807, 2.05) is 60.7 Å². The Morgan fingerprint density at radius 2 is 1.70 bits per heavy atom. The number of hydrogen-bond acceptors (Lipinski definition) is 4. The van der Waals surface area contributed by atoms with Crippen molar-refractivity contribution < 1.29 is 23.8 Å². The lowest BCUT2D eigenvalue weighted by Gasteiger charge is -2.28. The molecule has 170 valence electrons. The van der Waals surface area contributed by atoms with E-state index in [0.29, 0.717) is 10.9 Å². The van der Waals surface area contributed by atoms with Crippen molar-refractivity contribution in [3.8, 4) is 0 Å². The lowest BCUT2D eigenvalue weighted by atomic mass is 9.88. The largest absolute Gasteiger partial charge is 0.447 e. The number of imide groups is 1. The molecule has 3 aromatic carbocycles. The summed E-state index contributed by atoms with van der Waals surface area (Å²) in [4.78, 5) is 27.3. The number of halogens is 2. The van der Waals surface area contributed by atoms with Crippen LogP contribution in [0.15, 0.2) is 83.3 Å². The highest BCUT2D eigenvalue weighted by Gasteiger charge is 2.43. The fourth-order valence-electron chi connectivity index (χ4n) is 4.11. The van der Waals surface area contributed by atoms with E-state index in [1.165, 1.54) is 12.1 Å². The summed E-state index contributed by atoms with van der Waals surface area (Å²) < 4.78 is 20.4. The lowest BCUT2D eigenvalue weighted by molar-refractivity contribution is -0.137. The molecule has 3 aromatic rings. The summed E-state index contributed by atoms with van der Waals surface area (Å²) >= 11 is 3.21. The molecule has 33 heavy (non-hydrogen) atoms. The van der Waals surface area contributed by atoms with Crippen LogP contribution in [0.25, 0.3) is 0 Å².